The molecule has 0 heterocycles. The minimum Gasteiger partial charge on any atom is -0.455 e. The first-order chi connectivity index (χ1) is 9.81. The van der Waals surface area contributed by atoms with Crippen molar-refractivity contribution in [2.75, 3.05) is 0 Å². The monoisotopic (exact) mass is 334 g/mol. The first-order valence-electron chi connectivity index (χ1n) is 6.01. The SMILES string of the molecule is Cc1ccc(Oc2ccc(CCl)cc2C(F)(F)F)c(Cl)c1. The third-order valence-electron chi connectivity index (χ3n) is 2.81. The zero-order valence-electron chi connectivity index (χ0n) is 11.0. The molecule has 0 aromatic heterocycles. The molecule has 0 unspecified atom stereocenters. The van der Waals surface area contributed by atoms with E-state index >= 15 is 0 Å². The highest BCUT2D eigenvalue weighted by Gasteiger charge is 2.35. The molecule has 2 aromatic rings. The Morgan fingerprint density at radius 1 is 1.05 bits per heavy atom. The Labute approximate surface area is 130 Å². The van der Waals surface area contributed by atoms with Gasteiger partial charge in [-0.3, -0.25) is 0 Å². The summed E-state index contributed by atoms with van der Waals surface area (Å²) >= 11 is 11.6. The summed E-state index contributed by atoms with van der Waals surface area (Å²) in [5.41, 5.74) is 0.379. The standard InChI is InChI=1S/C15H11Cl2F3O/c1-9-2-4-14(12(17)6-9)21-13-5-3-10(8-16)7-11(13)15(18,19)20/h2-7H,8H2,1H3. The van der Waals surface area contributed by atoms with Gasteiger partial charge in [0.2, 0.25) is 0 Å². The summed E-state index contributed by atoms with van der Waals surface area (Å²) < 4.78 is 44.6. The van der Waals surface area contributed by atoms with Crippen LogP contribution < -0.4 is 4.74 Å². The van der Waals surface area contributed by atoms with Gasteiger partial charge in [-0.05, 0) is 42.3 Å². The van der Waals surface area contributed by atoms with Crippen LogP contribution in [0.1, 0.15) is 16.7 Å². The number of hydrogen-bond donors (Lipinski definition) is 0. The van der Waals surface area contributed by atoms with Gasteiger partial charge in [0, 0.05) is 5.88 Å². The summed E-state index contributed by atoms with van der Waals surface area (Å²) in [4.78, 5) is 0. The average molecular weight is 335 g/mol. The highest BCUT2D eigenvalue weighted by atomic mass is 35.5. The van der Waals surface area contributed by atoms with Crippen molar-refractivity contribution < 1.29 is 17.9 Å². The van der Waals surface area contributed by atoms with E-state index in [2.05, 4.69) is 0 Å². The molecule has 0 aliphatic carbocycles. The van der Waals surface area contributed by atoms with Gasteiger partial charge in [-0.25, -0.2) is 0 Å². The van der Waals surface area contributed by atoms with E-state index in [0.29, 0.717) is 5.56 Å². The molecule has 0 amide bonds. The summed E-state index contributed by atoms with van der Waals surface area (Å²) in [6, 6.07) is 8.58. The third-order valence-corrected chi connectivity index (χ3v) is 3.41. The molecule has 0 radical (unpaired) electrons. The molecule has 0 N–H and O–H groups in total. The molecule has 0 aliphatic rings. The van der Waals surface area contributed by atoms with Crippen molar-refractivity contribution in [2.24, 2.45) is 0 Å². The minimum atomic E-state index is -4.53. The lowest BCUT2D eigenvalue weighted by molar-refractivity contribution is -0.138. The molecule has 2 aromatic carbocycles. The topological polar surface area (TPSA) is 9.23 Å². The van der Waals surface area contributed by atoms with Crippen LogP contribution in [0, 0.1) is 6.92 Å². The molecule has 0 saturated heterocycles. The van der Waals surface area contributed by atoms with Crippen molar-refractivity contribution in [2.45, 2.75) is 19.0 Å². The van der Waals surface area contributed by atoms with Crippen LogP contribution in [0.5, 0.6) is 11.5 Å². The van der Waals surface area contributed by atoms with Crippen molar-refractivity contribution >= 4 is 23.2 Å². The zero-order valence-corrected chi connectivity index (χ0v) is 12.5. The lowest BCUT2D eigenvalue weighted by Crippen LogP contribution is -2.08. The maximum atomic E-state index is 13.1. The summed E-state index contributed by atoms with van der Waals surface area (Å²) in [5, 5.41) is 0.254. The van der Waals surface area contributed by atoms with Crippen LogP contribution in [0.25, 0.3) is 0 Å². The molecule has 6 heteroatoms. The van der Waals surface area contributed by atoms with E-state index in [9.17, 15) is 13.2 Å². The van der Waals surface area contributed by atoms with Gasteiger partial charge < -0.3 is 4.74 Å². The number of alkyl halides is 4. The van der Waals surface area contributed by atoms with Crippen molar-refractivity contribution in [3.63, 3.8) is 0 Å². The van der Waals surface area contributed by atoms with Crippen LogP contribution >= 0.6 is 23.2 Å². The van der Waals surface area contributed by atoms with Gasteiger partial charge in [0.15, 0.2) is 0 Å². The van der Waals surface area contributed by atoms with Crippen LogP contribution in [0.2, 0.25) is 5.02 Å². The molecule has 0 spiro atoms. The van der Waals surface area contributed by atoms with Gasteiger partial charge in [0.05, 0.1) is 10.6 Å². The van der Waals surface area contributed by atoms with Crippen LogP contribution in [0.3, 0.4) is 0 Å². The molecule has 21 heavy (non-hydrogen) atoms. The fourth-order valence-electron chi connectivity index (χ4n) is 1.78. The second-order valence-corrected chi connectivity index (χ2v) is 5.17. The first-order valence-corrected chi connectivity index (χ1v) is 6.92. The summed E-state index contributed by atoms with van der Waals surface area (Å²) in [6.45, 7) is 1.83. The Kier molecular flexibility index (Phi) is 4.69. The Bertz CT molecular complexity index is 654. The van der Waals surface area contributed by atoms with Gasteiger partial charge in [0.1, 0.15) is 11.5 Å². The van der Waals surface area contributed by atoms with Crippen LogP contribution in [-0.4, -0.2) is 0 Å². The highest BCUT2D eigenvalue weighted by molar-refractivity contribution is 6.32. The smallest absolute Gasteiger partial charge is 0.419 e. The van der Waals surface area contributed by atoms with Gasteiger partial charge in [-0.15, -0.1) is 11.6 Å². The van der Waals surface area contributed by atoms with Gasteiger partial charge in [-0.1, -0.05) is 23.7 Å². The molecule has 112 valence electrons. The summed E-state index contributed by atoms with van der Waals surface area (Å²) in [5.74, 6) is -0.136. The van der Waals surface area contributed by atoms with Crippen molar-refractivity contribution in [3.05, 3.63) is 58.1 Å². The second-order valence-electron chi connectivity index (χ2n) is 4.50. The number of hydrogen-bond acceptors (Lipinski definition) is 1. The van der Waals surface area contributed by atoms with E-state index in [4.69, 9.17) is 27.9 Å². The van der Waals surface area contributed by atoms with E-state index < -0.39 is 11.7 Å². The van der Waals surface area contributed by atoms with E-state index in [1.54, 1.807) is 12.1 Å². The van der Waals surface area contributed by atoms with Crippen molar-refractivity contribution in [1.82, 2.24) is 0 Å². The minimum absolute atomic E-state index is 0.00531. The van der Waals surface area contributed by atoms with E-state index in [1.165, 1.54) is 18.2 Å². The number of rotatable bonds is 3. The summed E-state index contributed by atoms with van der Waals surface area (Å²) in [6.07, 6.45) is -4.53. The zero-order chi connectivity index (χ0) is 15.6. The Morgan fingerprint density at radius 3 is 2.29 bits per heavy atom. The number of benzene rings is 2. The Hall–Kier alpha value is -1.39. The van der Waals surface area contributed by atoms with Gasteiger partial charge >= 0.3 is 6.18 Å². The summed E-state index contributed by atoms with van der Waals surface area (Å²) in [7, 11) is 0. The molecule has 2 rings (SSSR count). The van der Waals surface area contributed by atoms with Crippen LogP contribution in [-0.2, 0) is 12.1 Å². The maximum absolute atomic E-state index is 13.1. The number of aryl methyl sites for hydroxylation is 1. The molecule has 0 saturated carbocycles. The number of ether oxygens (including phenoxy) is 1. The molecule has 1 nitrogen and oxygen atoms in total. The highest BCUT2D eigenvalue weighted by Crippen LogP contribution is 2.40. The fraction of sp³-hybridized carbons (Fsp3) is 0.200. The molecular formula is C15H11Cl2F3O. The predicted molar refractivity (Wildman–Crippen MR) is 77.3 cm³/mol. The molecule has 0 bridgehead atoms. The molecule has 0 aliphatic heterocycles. The van der Waals surface area contributed by atoms with Gasteiger partial charge in [-0.2, -0.15) is 13.2 Å². The first kappa shape index (κ1) is 16.0. The van der Waals surface area contributed by atoms with E-state index in [0.717, 1.165) is 11.6 Å². The normalized spacial score (nSPS) is 11.5. The van der Waals surface area contributed by atoms with Crippen molar-refractivity contribution in [3.8, 4) is 11.5 Å². The molecule has 0 fully saturated rings. The lowest BCUT2D eigenvalue weighted by atomic mass is 10.1. The average Bonchev–Trinajstić information content (AvgIpc) is 2.41. The van der Waals surface area contributed by atoms with Gasteiger partial charge in [0.25, 0.3) is 0 Å². The molecule has 0 atom stereocenters. The van der Waals surface area contributed by atoms with Crippen LogP contribution in [0.4, 0.5) is 13.2 Å². The Balaban J connectivity index is 2.44. The third kappa shape index (κ3) is 3.83. The lowest BCUT2D eigenvalue weighted by Gasteiger charge is -2.15. The van der Waals surface area contributed by atoms with Crippen LogP contribution in [0.15, 0.2) is 36.4 Å². The Morgan fingerprint density at radius 2 is 1.71 bits per heavy atom. The predicted octanol–water partition coefficient (Wildman–Crippen LogP) is 6.20. The quantitative estimate of drug-likeness (QED) is 0.607. The largest absolute Gasteiger partial charge is 0.455 e. The second kappa shape index (κ2) is 6.16. The van der Waals surface area contributed by atoms with E-state index in [-0.39, 0.29) is 22.4 Å². The number of halogens is 5. The van der Waals surface area contributed by atoms with Crippen molar-refractivity contribution in [1.29, 1.82) is 0 Å². The van der Waals surface area contributed by atoms with E-state index in [1.807, 2.05) is 6.92 Å². The fourth-order valence-corrected chi connectivity index (χ4v) is 2.22. The maximum Gasteiger partial charge on any atom is 0.419 e. The molecular weight excluding hydrogens is 324 g/mol.